The standard InChI is InChI=1S/C17H16N2OS2/c1-11(2)21-13-7-5-6-12(10-13)16(20)19-17-18-14-8-3-4-9-15(14)22-17/h3-11H,1-2H3,(H,18,19,20). The van der Waals surface area contributed by atoms with Gasteiger partial charge >= 0.3 is 0 Å². The third kappa shape index (κ3) is 3.48. The maximum absolute atomic E-state index is 12.4. The highest BCUT2D eigenvalue weighted by Gasteiger charge is 2.10. The zero-order valence-electron chi connectivity index (χ0n) is 12.4. The predicted molar refractivity (Wildman–Crippen MR) is 95.0 cm³/mol. The second kappa shape index (κ2) is 6.50. The highest BCUT2D eigenvalue weighted by Crippen LogP contribution is 2.27. The first-order chi connectivity index (χ1) is 10.6. The Labute approximate surface area is 137 Å². The Morgan fingerprint density at radius 3 is 2.77 bits per heavy atom. The number of fused-ring (bicyclic) bond motifs is 1. The fraction of sp³-hybridized carbons (Fsp3) is 0.176. The minimum absolute atomic E-state index is 0.120. The van der Waals surface area contributed by atoms with E-state index in [1.165, 1.54) is 11.3 Å². The number of benzene rings is 2. The summed E-state index contributed by atoms with van der Waals surface area (Å²) in [7, 11) is 0. The van der Waals surface area contributed by atoms with Crippen molar-refractivity contribution in [2.24, 2.45) is 0 Å². The summed E-state index contributed by atoms with van der Waals surface area (Å²) in [4.78, 5) is 17.9. The van der Waals surface area contributed by atoms with Gasteiger partial charge in [-0.2, -0.15) is 0 Å². The number of para-hydroxylation sites is 1. The van der Waals surface area contributed by atoms with Crippen LogP contribution < -0.4 is 5.32 Å². The molecular weight excluding hydrogens is 312 g/mol. The molecule has 0 saturated carbocycles. The van der Waals surface area contributed by atoms with E-state index in [-0.39, 0.29) is 5.91 Å². The summed E-state index contributed by atoms with van der Waals surface area (Å²) in [5.74, 6) is -0.120. The molecule has 1 amide bonds. The molecule has 0 atom stereocenters. The van der Waals surface area contributed by atoms with Crippen LogP contribution in [-0.2, 0) is 0 Å². The molecule has 2 aromatic carbocycles. The number of hydrogen-bond donors (Lipinski definition) is 1. The molecule has 0 aliphatic rings. The largest absolute Gasteiger partial charge is 0.298 e. The first-order valence-corrected chi connectivity index (χ1v) is 8.75. The average Bonchev–Trinajstić information content (AvgIpc) is 2.89. The summed E-state index contributed by atoms with van der Waals surface area (Å²) in [6.45, 7) is 4.27. The van der Waals surface area contributed by atoms with Gasteiger partial charge in [-0.1, -0.05) is 43.4 Å². The average molecular weight is 328 g/mol. The van der Waals surface area contributed by atoms with Crippen LogP contribution in [-0.4, -0.2) is 16.1 Å². The van der Waals surface area contributed by atoms with Gasteiger partial charge in [0.1, 0.15) is 0 Å². The van der Waals surface area contributed by atoms with E-state index in [4.69, 9.17) is 0 Å². The van der Waals surface area contributed by atoms with Crippen molar-refractivity contribution in [3.05, 3.63) is 54.1 Å². The molecule has 0 saturated heterocycles. The van der Waals surface area contributed by atoms with E-state index < -0.39 is 0 Å². The lowest BCUT2D eigenvalue weighted by Gasteiger charge is -2.07. The number of thioether (sulfide) groups is 1. The summed E-state index contributed by atoms with van der Waals surface area (Å²) in [6, 6.07) is 15.6. The van der Waals surface area contributed by atoms with Crippen LogP contribution in [0.4, 0.5) is 5.13 Å². The van der Waals surface area contributed by atoms with Gasteiger partial charge in [0.05, 0.1) is 10.2 Å². The molecule has 0 aliphatic carbocycles. The van der Waals surface area contributed by atoms with Crippen molar-refractivity contribution in [1.82, 2.24) is 4.98 Å². The van der Waals surface area contributed by atoms with E-state index >= 15 is 0 Å². The van der Waals surface area contributed by atoms with Crippen LogP contribution in [0.3, 0.4) is 0 Å². The molecule has 0 bridgehead atoms. The maximum Gasteiger partial charge on any atom is 0.257 e. The van der Waals surface area contributed by atoms with Gasteiger partial charge in [-0.15, -0.1) is 11.8 Å². The van der Waals surface area contributed by atoms with E-state index in [1.54, 1.807) is 11.8 Å². The summed E-state index contributed by atoms with van der Waals surface area (Å²) in [5, 5.41) is 4.01. The highest BCUT2D eigenvalue weighted by atomic mass is 32.2. The molecule has 0 fully saturated rings. The summed E-state index contributed by atoms with van der Waals surface area (Å²) < 4.78 is 1.07. The fourth-order valence-corrected chi connectivity index (χ4v) is 3.84. The van der Waals surface area contributed by atoms with Gasteiger partial charge in [0.2, 0.25) is 0 Å². The van der Waals surface area contributed by atoms with Gasteiger partial charge in [0.15, 0.2) is 5.13 Å². The Morgan fingerprint density at radius 2 is 2.00 bits per heavy atom. The topological polar surface area (TPSA) is 42.0 Å². The molecule has 112 valence electrons. The molecule has 0 radical (unpaired) electrons. The molecule has 3 rings (SSSR count). The Morgan fingerprint density at radius 1 is 1.18 bits per heavy atom. The molecule has 1 aromatic heterocycles. The summed E-state index contributed by atoms with van der Waals surface area (Å²) >= 11 is 3.23. The van der Waals surface area contributed by atoms with Gasteiger partial charge < -0.3 is 0 Å². The third-order valence-corrected chi connectivity index (χ3v) is 4.93. The van der Waals surface area contributed by atoms with Crippen molar-refractivity contribution in [1.29, 1.82) is 0 Å². The van der Waals surface area contributed by atoms with Crippen molar-refractivity contribution in [2.45, 2.75) is 24.0 Å². The van der Waals surface area contributed by atoms with Crippen molar-refractivity contribution in [3.63, 3.8) is 0 Å². The van der Waals surface area contributed by atoms with Crippen molar-refractivity contribution >= 4 is 44.4 Å². The maximum atomic E-state index is 12.4. The van der Waals surface area contributed by atoms with Crippen LogP contribution >= 0.6 is 23.1 Å². The van der Waals surface area contributed by atoms with Crippen LogP contribution in [0.15, 0.2) is 53.4 Å². The molecular formula is C17H16N2OS2. The number of carbonyl (C=O) groups excluding carboxylic acids is 1. The van der Waals surface area contributed by atoms with E-state index in [2.05, 4.69) is 24.1 Å². The monoisotopic (exact) mass is 328 g/mol. The molecule has 0 spiro atoms. The normalized spacial score (nSPS) is 11.0. The SMILES string of the molecule is CC(C)Sc1cccc(C(=O)Nc2nc3ccccc3s2)c1. The van der Waals surface area contributed by atoms with Crippen LogP contribution in [0, 0.1) is 0 Å². The molecule has 0 aliphatic heterocycles. The minimum atomic E-state index is -0.120. The zero-order chi connectivity index (χ0) is 15.5. The highest BCUT2D eigenvalue weighted by molar-refractivity contribution is 7.99. The van der Waals surface area contributed by atoms with Gasteiger partial charge in [-0.3, -0.25) is 10.1 Å². The molecule has 5 heteroatoms. The molecule has 1 heterocycles. The summed E-state index contributed by atoms with van der Waals surface area (Å²) in [6.07, 6.45) is 0. The van der Waals surface area contributed by atoms with Crippen LogP contribution in [0.2, 0.25) is 0 Å². The fourth-order valence-electron chi connectivity index (χ4n) is 2.08. The van der Waals surface area contributed by atoms with Crippen LogP contribution in [0.1, 0.15) is 24.2 Å². The van der Waals surface area contributed by atoms with E-state index in [0.29, 0.717) is 15.9 Å². The second-order valence-electron chi connectivity index (χ2n) is 5.14. The van der Waals surface area contributed by atoms with Gasteiger partial charge in [0.25, 0.3) is 5.91 Å². The second-order valence-corrected chi connectivity index (χ2v) is 7.82. The predicted octanol–water partition coefficient (Wildman–Crippen LogP) is 5.05. The number of nitrogens with zero attached hydrogens (tertiary/aromatic N) is 1. The third-order valence-electron chi connectivity index (χ3n) is 2.98. The smallest absolute Gasteiger partial charge is 0.257 e. The minimum Gasteiger partial charge on any atom is -0.298 e. The van der Waals surface area contributed by atoms with Gasteiger partial charge in [0, 0.05) is 15.7 Å². The Kier molecular flexibility index (Phi) is 4.45. The molecule has 3 nitrogen and oxygen atoms in total. The number of carbonyl (C=O) groups is 1. The number of amides is 1. The molecule has 0 unspecified atom stereocenters. The Bertz CT molecular complexity index is 778. The van der Waals surface area contributed by atoms with Gasteiger partial charge in [-0.05, 0) is 30.3 Å². The molecule has 3 aromatic rings. The number of anilines is 1. The number of hydrogen-bond acceptors (Lipinski definition) is 4. The molecule has 1 N–H and O–H groups in total. The number of thiazole rings is 1. The zero-order valence-corrected chi connectivity index (χ0v) is 14.0. The quantitative estimate of drug-likeness (QED) is 0.682. The Balaban J connectivity index is 1.79. The van der Waals surface area contributed by atoms with Crippen molar-refractivity contribution < 1.29 is 4.79 Å². The number of nitrogens with one attached hydrogen (secondary N) is 1. The van der Waals surface area contributed by atoms with E-state index in [0.717, 1.165) is 15.1 Å². The molecule has 22 heavy (non-hydrogen) atoms. The Hall–Kier alpha value is -1.85. The van der Waals surface area contributed by atoms with Crippen LogP contribution in [0.5, 0.6) is 0 Å². The first-order valence-electron chi connectivity index (χ1n) is 7.05. The number of rotatable bonds is 4. The van der Waals surface area contributed by atoms with Crippen LogP contribution in [0.25, 0.3) is 10.2 Å². The van der Waals surface area contributed by atoms with Crippen molar-refractivity contribution in [2.75, 3.05) is 5.32 Å². The lowest BCUT2D eigenvalue weighted by Crippen LogP contribution is -2.11. The summed E-state index contributed by atoms with van der Waals surface area (Å²) in [5.41, 5.74) is 1.57. The van der Waals surface area contributed by atoms with Crippen molar-refractivity contribution in [3.8, 4) is 0 Å². The lowest BCUT2D eigenvalue weighted by molar-refractivity contribution is 0.102. The van der Waals surface area contributed by atoms with Gasteiger partial charge in [-0.25, -0.2) is 4.98 Å². The van der Waals surface area contributed by atoms with E-state index in [1.807, 2.05) is 48.5 Å². The first kappa shape index (κ1) is 15.1. The number of aromatic nitrogens is 1. The lowest BCUT2D eigenvalue weighted by atomic mass is 10.2. The van der Waals surface area contributed by atoms with E-state index in [9.17, 15) is 4.79 Å².